The lowest BCUT2D eigenvalue weighted by Gasteiger charge is -2.26. The van der Waals surface area contributed by atoms with Crippen LogP contribution in [0.5, 0.6) is 0 Å². The number of halogens is 1. The standard InChI is InChI=1S/C17H17ClN4/c1-10-3-6-15-13(8-21-22(15)2)16(10)11-4-5-12-14(7-11)19-9-20-17(12)18/h3,6,8-9,11H,4-5,7H2,1-2H3. The van der Waals surface area contributed by atoms with Crippen molar-refractivity contribution in [1.82, 2.24) is 19.7 Å². The molecule has 1 unspecified atom stereocenters. The molecule has 112 valence electrons. The van der Waals surface area contributed by atoms with Crippen molar-refractivity contribution in [3.8, 4) is 0 Å². The van der Waals surface area contributed by atoms with E-state index in [9.17, 15) is 0 Å². The van der Waals surface area contributed by atoms with Gasteiger partial charge in [0.25, 0.3) is 0 Å². The van der Waals surface area contributed by atoms with Gasteiger partial charge in [0.2, 0.25) is 0 Å². The fourth-order valence-corrected chi connectivity index (χ4v) is 3.90. The summed E-state index contributed by atoms with van der Waals surface area (Å²) >= 11 is 6.20. The molecular formula is C17H17ClN4. The molecule has 5 heteroatoms. The highest BCUT2D eigenvalue weighted by Crippen LogP contribution is 2.38. The molecule has 1 aromatic carbocycles. The van der Waals surface area contributed by atoms with Crippen molar-refractivity contribution in [3.63, 3.8) is 0 Å². The molecule has 22 heavy (non-hydrogen) atoms. The van der Waals surface area contributed by atoms with E-state index in [4.69, 9.17) is 11.6 Å². The van der Waals surface area contributed by atoms with Gasteiger partial charge in [-0.3, -0.25) is 4.68 Å². The molecular weight excluding hydrogens is 296 g/mol. The minimum Gasteiger partial charge on any atom is -0.268 e. The third-order valence-electron chi connectivity index (χ3n) is 4.76. The van der Waals surface area contributed by atoms with Crippen LogP contribution in [0.4, 0.5) is 0 Å². The van der Waals surface area contributed by atoms with Crippen LogP contribution in [0.2, 0.25) is 5.15 Å². The van der Waals surface area contributed by atoms with Crippen molar-refractivity contribution < 1.29 is 0 Å². The summed E-state index contributed by atoms with van der Waals surface area (Å²) in [5.74, 6) is 0.464. The van der Waals surface area contributed by atoms with Gasteiger partial charge >= 0.3 is 0 Å². The minimum atomic E-state index is 0.464. The summed E-state index contributed by atoms with van der Waals surface area (Å²) in [5, 5.41) is 6.29. The Balaban J connectivity index is 1.82. The SMILES string of the molecule is Cc1ccc2c(cnn2C)c1C1CCc2c(Cl)ncnc2C1. The maximum atomic E-state index is 6.20. The minimum absolute atomic E-state index is 0.464. The highest BCUT2D eigenvalue weighted by molar-refractivity contribution is 6.30. The summed E-state index contributed by atoms with van der Waals surface area (Å²) in [7, 11) is 1.99. The molecule has 0 radical (unpaired) electrons. The van der Waals surface area contributed by atoms with Crippen LogP contribution in [0.25, 0.3) is 10.9 Å². The van der Waals surface area contributed by atoms with E-state index in [2.05, 4.69) is 34.1 Å². The quantitative estimate of drug-likeness (QED) is 0.645. The number of fused-ring (bicyclic) bond motifs is 2. The second-order valence-electron chi connectivity index (χ2n) is 6.03. The van der Waals surface area contributed by atoms with E-state index in [1.54, 1.807) is 6.33 Å². The maximum absolute atomic E-state index is 6.20. The zero-order valence-corrected chi connectivity index (χ0v) is 13.4. The Bertz CT molecular complexity index is 868. The monoisotopic (exact) mass is 312 g/mol. The Labute approximate surface area is 134 Å². The van der Waals surface area contributed by atoms with E-state index in [-0.39, 0.29) is 0 Å². The molecule has 0 spiro atoms. The van der Waals surface area contributed by atoms with Crippen LogP contribution in [0.1, 0.15) is 34.7 Å². The molecule has 3 aromatic rings. The highest BCUT2D eigenvalue weighted by atomic mass is 35.5. The van der Waals surface area contributed by atoms with E-state index in [1.807, 2.05) is 17.9 Å². The second-order valence-corrected chi connectivity index (χ2v) is 6.38. The Morgan fingerprint density at radius 2 is 2.14 bits per heavy atom. The molecule has 1 aliphatic rings. The van der Waals surface area contributed by atoms with E-state index < -0.39 is 0 Å². The first-order chi connectivity index (χ1) is 10.6. The molecule has 4 rings (SSSR count). The molecule has 0 bridgehead atoms. The van der Waals surface area contributed by atoms with Crippen LogP contribution in [0.15, 0.2) is 24.7 Å². The lowest BCUT2D eigenvalue weighted by Crippen LogP contribution is -2.16. The first-order valence-corrected chi connectivity index (χ1v) is 7.92. The van der Waals surface area contributed by atoms with E-state index in [0.29, 0.717) is 11.1 Å². The normalized spacial score (nSPS) is 17.7. The molecule has 0 N–H and O–H groups in total. The Morgan fingerprint density at radius 1 is 1.27 bits per heavy atom. The second kappa shape index (κ2) is 5.06. The fourth-order valence-electron chi connectivity index (χ4n) is 3.65. The first-order valence-electron chi connectivity index (χ1n) is 7.54. The van der Waals surface area contributed by atoms with Gasteiger partial charge in [0.05, 0.1) is 11.7 Å². The number of hydrogen-bond donors (Lipinski definition) is 0. The van der Waals surface area contributed by atoms with Crippen molar-refractivity contribution in [1.29, 1.82) is 0 Å². The summed E-state index contributed by atoms with van der Waals surface area (Å²) in [4.78, 5) is 8.56. The van der Waals surface area contributed by atoms with Gasteiger partial charge in [-0.05, 0) is 49.3 Å². The largest absolute Gasteiger partial charge is 0.268 e. The molecule has 2 heterocycles. The van der Waals surface area contributed by atoms with Gasteiger partial charge in [-0.15, -0.1) is 0 Å². The lowest BCUT2D eigenvalue weighted by molar-refractivity contribution is 0.571. The van der Waals surface area contributed by atoms with Crippen molar-refractivity contribution in [2.45, 2.75) is 32.1 Å². The van der Waals surface area contributed by atoms with Crippen molar-refractivity contribution in [3.05, 3.63) is 52.2 Å². The summed E-state index contributed by atoms with van der Waals surface area (Å²) < 4.78 is 1.94. The van der Waals surface area contributed by atoms with E-state index in [0.717, 1.165) is 30.5 Å². The molecule has 0 fully saturated rings. The van der Waals surface area contributed by atoms with E-state index in [1.165, 1.54) is 22.0 Å². The van der Waals surface area contributed by atoms with Gasteiger partial charge in [-0.25, -0.2) is 9.97 Å². The van der Waals surface area contributed by atoms with Gasteiger partial charge in [-0.2, -0.15) is 5.10 Å². The van der Waals surface area contributed by atoms with Gasteiger partial charge in [0.15, 0.2) is 0 Å². The predicted molar refractivity (Wildman–Crippen MR) is 87.3 cm³/mol. The van der Waals surface area contributed by atoms with E-state index >= 15 is 0 Å². The lowest BCUT2D eigenvalue weighted by atomic mass is 9.80. The third-order valence-corrected chi connectivity index (χ3v) is 5.09. The summed E-state index contributed by atoms with van der Waals surface area (Å²) in [6, 6.07) is 4.35. The van der Waals surface area contributed by atoms with Crippen molar-refractivity contribution in [2.24, 2.45) is 7.05 Å². The number of nitrogens with zero attached hydrogens (tertiary/aromatic N) is 4. The molecule has 0 aliphatic heterocycles. The van der Waals surface area contributed by atoms with Crippen LogP contribution in [-0.2, 0) is 19.9 Å². The number of aromatic nitrogens is 4. The summed E-state index contributed by atoms with van der Waals surface area (Å²) in [6.45, 7) is 2.18. The van der Waals surface area contributed by atoms with Crippen LogP contribution in [0.3, 0.4) is 0 Å². The van der Waals surface area contributed by atoms with Gasteiger partial charge in [-0.1, -0.05) is 17.7 Å². The van der Waals surface area contributed by atoms with Gasteiger partial charge < -0.3 is 0 Å². The molecule has 1 atom stereocenters. The zero-order chi connectivity index (χ0) is 15.3. The number of hydrogen-bond acceptors (Lipinski definition) is 3. The number of aryl methyl sites for hydroxylation is 2. The molecule has 0 amide bonds. The number of rotatable bonds is 1. The molecule has 4 nitrogen and oxygen atoms in total. The smallest absolute Gasteiger partial charge is 0.135 e. The average molecular weight is 313 g/mol. The molecule has 0 saturated carbocycles. The van der Waals surface area contributed by atoms with Crippen LogP contribution in [0, 0.1) is 6.92 Å². The van der Waals surface area contributed by atoms with Crippen LogP contribution >= 0.6 is 11.6 Å². The van der Waals surface area contributed by atoms with Gasteiger partial charge in [0, 0.05) is 23.7 Å². The Hall–Kier alpha value is -1.94. The fraction of sp³-hybridized carbons (Fsp3) is 0.353. The third kappa shape index (κ3) is 2.02. The zero-order valence-electron chi connectivity index (χ0n) is 12.7. The Morgan fingerprint density at radius 3 is 3.00 bits per heavy atom. The maximum Gasteiger partial charge on any atom is 0.135 e. The van der Waals surface area contributed by atoms with Crippen LogP contribution < -0.4 is 0 Å². The highest BCUT2D eigenvalue weighted by Gasteiger charge is 2.26. The topological polar surface area (TPSA) is 43.6 Å². The van der Waals surface area contributed by atoms with Crippen LogP contribution in [-0.4, -0.2) is 19.7 Å². The van der Waals surface area contributed by atoms with Crippen molar-refractivity contribution in [2.75, 3.05) is 0 Å². The van der Waals surface area contributed by atoms with Crippen molar-refractivity contribution >= 4 is 22.5 Å². The average Bonchev–Trinajstić information content (AvgIpc) is 2.88. The Kier molecular flexibility index (Phi) is 3.15. The predicted octanol–water partition coefficient (Wildman–Crippen LogP) is 3.60. The number of benzene rings is 1. The first kappa shape index (κ1) is 13.7. The molecule has 1 aliphatic carbocycles. The molecule has 2 aromatic heterocycles. The summed E-state index contributed by atoms with van der Waals surface area (Å²) in [6.07, 6.45) is 6.50. The summed E-state index contributed by atoms with van der Waals surface area (Å²) in [5.41, 5.74) is 6.14. The molecule has 0 saturated heterocycles. The van der Waals surface area contributed by atoms with Gasteiger partial charge in [0.1, 0.15) is 11.5 Å².